The summed E-state index contributed by atoms with van der Waals surface area (Å²) in [5.41, 5.74) is 3.18. The van der Waals surface area contributed by atoms with Gasteiger partial charge in [0.05, 0.1) is 4.90 Å². The van der Waals surface area contributed by atoms with Crippen LogP contribution in [0.2, 0.25) is 0 Å². The molecule has 1 amide bonds. The molecule has 0 aliphatic carbocycles. The molecule has 2 aromatic carbocycles. The highest BCUT2D eigenvalue weighted by Gasteiger charge is 2.14. The van der Waals surface area contributed by atoms with Crippen LogP contribution in [0, 0.1) is 13.8 Å². The summed E-state index contributed by atoms with van der Waals surface area (Å²) in [4.78, 5) is 11.0. The number of hydrogen-bond donors (Lipinski definition) is 3. The molecule has 0 saturated carbocycles. The predicted octanol–water partition coefficient (Wildman–Crippen LogP) is 2.94. The van der Waals surface area contributed by atoms with Crippen molar-refractivity contribution in [2.24, 2.45) is 0 Å². The Bertz CT molecular complexity index is 907. The lowest BCUT2D eigenvalue weighted by atomic mass is 10.1. The van der Waals surface area contributed by atoms with Gasteiger partial charge in [0.2, 0.25) is 5.91 Å². The minimum Gasteiger partial charge on any atom is -0.332 e. The van der Waals surface area contributed by atoms with E-state index in [0.29, 0.717) is 11.4 Å². The second-order valence-corrected chi connectivity index (χ2v) is 7.65. The molecule has 2 aromatic rings. The van der Waals surface area contributed by atoms with E-state index in [1.807, 2.05) is 19.9 Å². The molecule has 0 spiro atoms. The number of anilines is 2. The van der Waals surface area contributed by atoms with Crippen LogP contribution in [0.25, 0.3) is 0 Å². The zero-order valence-electron chi connectivity index (χ0n) is 14.1. The maximum absolute atomic E-state index is 12.5. The highest BCUT2D eigenvalue weighted by atomic mass is 32.2. The van der Waals surface area contributed by atoms with E-state index in [2.05, 4.69) is 15.4 Å². The van der Waals surface area contributed by atoms with Gasteiger partial charge in [0, 0.05) is 18.3 Å². The highest BCUT2D eigenvalue weighted by molar-refractivity contribution is 7.92. The lowest BCUT2D eigenvalue weighted by Gasteiger charge is -2.11. The molecule has 0 aliphatic rings. The lowest BCUT2D eigenvalue weighted by Crippen LogP contribution is -2.32. The number of rotatable bonds is 4. The summed E-state index contributed by atoms with van der Waals surface area (Å²) in [5, 5.41) is 5.38. The number of thiocarbonyl (C=S) groups is 1. The summed E-state index contributed by atoms with van der Waals surface area (Å²) < 4.78 is 27.5. The summed E-state index contributed by atoms with van der Waals surface area (Å²) in [6, 6.07) is 11.4. The summed E-state index contributed by atoms with van der Waals surface area (Å²) in [5.74, 6) is -0.283. The molecule has 8 heteroatoms. The molecular weight excluding hydrogens is 358 g/mol. The van der Waals surface area contributed by atoms with E-state index >= 15 is 0 Å². The smallest absolute Gasteiger partial charge is 0.261 e. The summed E-state index contributed by atoms with van der Waals surface area (Å²) in [7, 11) is -3.69. The van der Waals surface area contributed by atoms with Crippen molar-refractivity contribution in [3.63, 3.8) is 0 Å². The molecule has 2 rings (SSSR count). The zero-order chi connectivity index (χ0) is 18.6. The van der Waals surface area contributed by atoms with Gasteiger partial charge in [-0.05, 0) is 73.6 Å². The molecule has 0 unspecified atom stereocenters. The Balaban J connectivity index is 2.13. The largest absolute Gasteiger partial charge is 0.332 e. The SMILES string of the molecule is CC(=O)NC(=S)Nc1ccc(S(=O)(=O)Nc2ccc(C)c(C)c2)cc1. The minimum absolute atomic E-state index is 0.127. The Hall–Kier alpha value is -2.45. The molecule has 0 atom stereocenters. The van der Waals surface area contributed by atoms with Gasteiger partial charge in [-0.3, -0.25) is 9.52 Å². The molecule has 0 fully saturated rings. The highest BCUT2D eigenvalue weighted by Crippen LogP contribution is 2.20. The predicted molar refractivity (Wildman–Crippen MR) is 103 cm³/mol. The number of hydrogen-bond acceptors (Lipinski definition) is 4. The molecule has 0 bridgehead atoms. The Morgan fingerprint density at radius 2 is 1.56 bits per heavy atom. The van der Waals surface area contributed by atoms with Crippen LogP contribution in [-0.4, -0.2) is 19.4 Å². The Labute approximate surface area is 152 Å². The van der Waals surface area contributed by atoms with Crippen LogP contribution in [-0.2, 0) is 14.8 Å². The number of carbonyl (C=O) groups excluding carboxylic acids is 1. The monoisotopic (exact) mass is 377 g/mol. The van der Waals surface area contributed by atoms with Gasteiger partial charge >= 0.3 is 0 Å². The van der Waals surface area contributed by atoms with Crippen molar-refractivity contribution in [1.82, 2.24) is 5.32 Å². The van der Waals surface area contributed by atoms with Crippen molar-refractivity contribution < 1.29 is 13.2 Å². The maximum atomic E-state index is 12.5. The van der Waals surface area contributed by atoms with Gasteiger partial charge in [-0.1, -0.05) is 6.07 Å². The zero-order valence-corrected chi connectivity index (χ0v) is 15.7. The number of sulfonamides is 1. The summed E-state index contributed by atoms with van der Waals surface area (Å²) in [6.45, 7) is 5.23. The Kier molecular flexibility index (Phi) is 5.76. The first kappa shape index (κ1) is 18.9. The average molecular weight is 377 g/mol. The molecule has 0 aromatic heterocycles. The fraction of sp³-hybridized carbons (Fsp3) is 0.176. The Morgan fingerprint density at radius 3 is 2.12 bits per heavy atom. The topological polar surface area (TPSA) is 87.3 Å². The fourth-order valence-corrected chi connectivity index (χ4v) is 3.37. The van der Waals surface area contributed by atoms with Crippen LogP contribution < -0.4 is 15.4 Å². The first-order valence-corrected chi connectivity index (χ1v) is 9.35. The summed E-state index contributed by atoms with van der Waals surface area (Å²) >= 11 is 4.95. The van der Waals surface area contributed by atoms with Crippen LogP contribution in [0.3, 0.4) is 0 Å². The molecule has 0 heterocycles. The van der Waals surface area contributed by atoms with Crippen molar-refractivity contribution in [2.75, 3.05) is 10.0 Å². The van der Waals surface area contributed by atoms with E-state index in [4.69, 9.17) is 12.2 Å². The molecule has 0 radical (unpaired) electrons. The maximum Gasteiger partial charge on any atom is 0.261 e. The van der Waals surface area contributed by atoms with Gasteiger partial charge in [0.1, 0.15) is 0 Å². The molecule has 6 nitrogen and oxygen atoms in total. The van der Waals surface area contributed by atoms with Crippen LogP contribution in [0.1, 0.15) is 18.1 Å². The summed E-state index contributed by atoms with van der Waals surface area (Å²) in [6.07, 6.45) is 0. The average Bonchev–Trinajstić information content (AvgIpc) is 2.50. The van der Waals surface area contributed by atoms with E-state index in [1.165, 1.54) is 19.1 Å². The van der Waals surface area contributed by atoms with Crippen molar-refractivity contribution in [3.05, 3.63) is 53.6 Å². The number of nitrogens with one attached hydrogen (secondary N) is 3. The van der Waals surface area contributed by atoms with Crippen molar-refractivity contribution in [2.45, 2.75) is 25.7 Å². The molecular formula is C17H19N3O3S2. The van der Waals surface area contributed by atoms with Gasteiger partial charge < -0.3 is 10.6 Å². The normalized spacial score (nSPS) is 10.8. The number of benzene rings is 2. The van der Waals surface area contributed by atoms with Crippen LogP contribution >= 0.6 is 12.2 Å². The number of aryl methyl sites for hydroxylation is 2. The number of carbonyl (C=O) groups is 1. The van der Waals surface area contributed by atoms with Gasteiger partial charge in [-0.2, -0.15) is 0 Å². The third-order valence-electron chi connectivity index (χ3n) is 3.47. The molecule has 0 saturated heterocycles. The second-order valence-electron chi connectivity index (χ2n) is 5.56. The minimum atomic E-state index is -3.69. The first-order valence-electron chi connectivity index (χ1n) is 7.46. The standard InChI is InChI=1S/C17H19N3O3S2/c1-11-4-5-15(10-12(11)2)20-25(22,23)16-8-6-14(7-9-16)19-17(24)18-13(3)21/h4-10,20H,1-3H3,(H2,18,19,21,24). The van der Waals surface area contributed by atoms with Gasteiger partial charge in [-0.15, -0.1) is 0 Å². The van der Waals surface area contributed by atoms with Crippen LogP contribution in [0.15, 0.2) is 47.4 Å². The van der Waals surface area contributed by atoms with Crippen molar-refractivity contribution in [1.29, 1.82) is 0 Å². The Morgan fingerprint density at radius 1 is 0.960 bits per heavy atom. The number of amides is 1. The third kappa shape index (κ3) is 5.27. The van der Waals surface area contributed by atoms with Gasteiger partial charge in [0.25, 0.3) is 10.0 Å². The second kappa shape index (κ2) is 7.62. The fourth-order valence-electron chi connectivity index (χ4n) is 2.06. The quantitative estimate of drug-likeness (QED) is 0.713. The molecule has 132 valence electrons. The molecule has 3 N–H and O–H groups in total. The molecule has 0 aliphatic heterocycles. The first-order chi connectivity index (χ1) is 11.7. The van der Waals surface area contributed by atoms with Gasteiger partial charge in [-0.25, -0.2) is 8.42 Å². The van der Waals surface area contributed by atoms with Crippen LogP contribution in [0.5, 0.6) is 0 Å². The van der Waals surface area contributed by atoms with E-state index in [0.717, 1.165) is 11.1 Å². The van der Waals surface area contributed by atoms with E-state index in [-0.39, 0.29) is 15.9 Å². The van der Waals surface area contributed by atoms with E-state index in [1.54, 1.807) is 24.3 Å². The third-order valence-corrected chi connectivity index (χ3v) is 5.07. The molecule has 25 heavy (non-hydrogen) atoms. The van der Waals surface area contributed by atoms with Gasteiger partial charge in [0.15, 0.2) is 5.11 Å². The van der Waals surface area contributed by atoms with Crippen molar-refractivity contribution in [3.8, 4) is 0 Å². The van der Waals surface area contributed by atoms with Crippen molar-refractivity contribution >= 4 is 44.6 Å². The van der Waals surface area contributed by atoms with E-state index < -0.39 is 10.0 Å². The van der Waals surface area contributed by atoms with E-state index in [9.17, 15) is 13.2 Å². The van der Waals surface area contributed by atoms with Crippen LogP contribution in [0.4, 0.5) is 11.4 Å². The lowest BCUT2D eigenvalue weighted by molar-refractivity contribution is -0.117.